The highest BCUT2D eigenvalue weighted by molar-refractivity contribution is 6.30. The van der Waals surface area contributed by atoms with E-state index < -0.39 is 11.9 Å². The molecule has 90 valence electrons. The number of rotatable bonds is 3. The maximum Gasteiger partial charge on any atom is 0.129 e. The van der Waals surface area contributed by atoms with Crippen LogP contribution in [0.15, 0.2) is 18.2 Å². The molecule has 0 amide bonds. The Morgan fingerprint density at radius 3 is 2.56 bits per heavy atom. The molecule has 1 rings (SSSR count). The maximum absolute atomic E-state index is 13.4. The summed E-state index contributed by atoms with van der Waals surface area (Å²) in [5.41, 5.74) is 0.424. The van der Waals surface area contributed by atoms with Gasteiger partial charge in [-0.05, 0) is 36.5 Å². The van der Waals surface area contributed by atoms with E-state index in [2.05, 4.69) is 20.8 Å². The van der Waals surface area contributed by atoms with Gasteiger partial charge in [0.15, 0.2) is 0 Å². The van der Waals surface area contributed by atoms with Crippen LogP contribution < -0.4 is 0 Å². The maximum atomic E-state index is 13.4. The van der Waals surface area contributed by atoms with E-state index in [-0.39, 0.29) is 11.0 Å². The SMILES string of the molecule is CC(C)(C)CCC(O)c1cc(Cl)ccc1F. The van der Waals surface area contributed by atoms with Crippen molar-refractivity contribution in [1.82, 2.24) is 0 Å². The van der Waals surface area contributed by atoms with Gasteiger partial charge in [-0.15, -0.1) is 0 Å². The van der Waals surface area contributed by atoms with Gasteiger partial charge in [0.25, 0.3) is 0 Å². The first-order valence-electron chi connectivity index (χ1n) is 5.42. The molecule has 0 fully saturated rings. The Morgan fingerprint density at radius 2 is 2.00 bits per heavy atom. The van der Waals surface area contributed by atoms with Gasteiger partial charge in [0.2, 0.25) is 0 Å². The summed E-state index contributed by atoms with van der Waals surface area (Å²) in [6.45, 7) is 6.27. The van der Waals surface area contributed by atoms with Crippen molar-refractivity contribution in [1.29, 1.82) is 0 Å². The van der Waals surface area contributed by atoms with Crippen molar-refractivity contribution in [3.8, 4) is 0 Å². The van der Waals surface area contributed by atoms with E-state index in [9.17, 15) is 9.50 Å². The molecule has 1 aromatic rings. The third kappa shape index (κ3) is 4.11. The van der Waals surface area contributed by atoms with Crippen LogP contribution in [0.25, 0.3) is 0 Å². The lowest BCUT2D eigenvalue weighted by Gasteiger charge is -2.20. The Balaban J connectivity index is 2.73. The predicted octanol–water partition coefficient (Wildman–Crippen LogP) is 4.34. The lowest BCUT2D eigenvalue weighted by Crippen LogP contribution is -2.09. The van der Waals surface area contributed by atoms with Crippen molar-refractivity contribution in [2.24, 2.45) is 5.41 Å². The standard InChI is InChI=1S/C13H18ClFO/c1-13(2,3)7-6-12(16)10-8-9(14)4-5-11(10)15/h4-5,8,12,16H,6-7H2,1-3H3. The molecule has 0 aliphatic heterocycles. The van der Waals surface area contributed by atoms with Crippen LogP contribution in [0.5, 0.6) is 0 Å². The second kappa shape index (κ2) is 5.15. The highest BCUT2D eigenvalue weighted by Gasteiger charge is 2.17. The van der Waals surface area contributed by atoms with E-state index in [1.165, 1.54) is 18.2 Å². The van der Waals surface area contributed by atoms with Gasteiger partial charge in [-0.1, -0.05) is 32.4 Å². The zero-order valence-electron chi connectivity index (χ0n) is 9.93. The van der Waals surface area contributed by atoms with Crippen LogP contribution in [0.1, 0.15) is 45.3 Å². The monoisotopic (exact) mass is 244 g/mol. The number of hydrogen-bond donors (Lipinski definition) is 1. The molecule has 1 nitrogen and oxygen atoms in total. The van der Waals surface area contributed by atoms with Crippen molar-refractivity contribution in [2.45, 2.75) is 39.7 Å². The average molecular weight is 245 g/mol. The summed E-state index contributed by atoms with van der Waals surface area (Å²) in [5, 5.41) is 10.3. The van der Waals surface area contributed by atoms with Crippen molar-refractivity contribution >= 4 is 11.6 Å². The third-order valence-corrected chi connectivity index (χ3v) is 2.72. The Morgan fingerprint density at radius 1 is 1.38 bits per heavy atom. The molecule has 0 bridgehead atoms. The van der Waals surface area contributed by atoms with E-state index in [0.29, 0.717) is 11.4 Å². The number of aliphatic hydroxyl groups excluding tert-OH is 1. The van der Waals surface area contributed by atoms with Crippen molar-refractivity contribution in [3.63, 3.8) is 0 Å². The number of halogens is 2. The van der Waals surface area contributed by atoms with Gasteiger partial charge >= 0.3 is 0 Å². The second-order valence-corrected chi connectivity index (χ2v) is 5.72. The van der Waals surface area contributed by atoms with Crippen molar-refractivity contribution in [2.75, 3.05) is 0 Å². The molecule has 0 saturated heterocycles. The zero-order chi connectivity index (χ0) is 12.3. The van der Waals surface area contributed by atoms with Gasteiger partial charge < -0.3 is 5.11 Å². The summed E-state index contributed by atoms with van der Waals surface area (Å²) in [6, 6.07) is 4.26. The summed E-state index contributed by atoms with van der Waals surface area (Å²) in [4.78, 5) is 0. The van der Waals surface area contributed by atoms with Crippen LogP contribution in [-0.4, -0.2) is 5.11 Å². The van der Waals surface area contributed by atoms with Crippen LogP contribution >= 0.6 is 11.6 Å². The first-order chi connectivity index (χ1) is 7.29. The molecule has 0 heterocycles. The molecule has 3 heteroatoms. The van der Waals surface area contributed by atoms with Crippen LogP contribution in [0, 0.1) is 11.2 Å². The average Bonchev–Trinajstić information content (AvgIpc) is 2.17. The van der Waals surface area contributed by atoms with Crippen molar-refractivity contribution < 1.29 is 9.50 Å². The lowest BCUT2D eigenvalue weighted by molar-refractivity contribution is 0.143. The molecule has 0 saturated carbocycles. The molecule has 1 atom stereocenters. The minimum atomic E-state index is -0.780. The van der Waals surface area contributed by atoms with E-state index in [1.807, 2.05) is 0 Å². The Labute approximate surface area is 101 Å². The summed E-state index contributed by atoms with van der Waals surface area (Å²) in [5.74, 6) is -0.397. The Bertz CT molecular complexity index is 357. The summed E-state index contributed by atoms with van der Waals surface area (Å²) in [6.07, 6.45) is 0.596. The summed E-state index contributed by atoms with van der Waals surface area (Å²) in [7, 11) is 0. The van der Waals surface area contributed by atoms with E-state index in [0.717, 1.165) is 6.42 Å². The second-order valence-electron chi connectivity index (χ2n) is 5.28. The quantitative estimate of drug-likeness (QED) is 0.839. The van der Waals surface area contributed by atoms with Gasteiger partial charge in [0.1, 0.15) is 5.82 Å². The molecule has 1 aromatic carbocycles. The van der Waals surface area contributed by atoms with Gasteiger partial charge in [-0.2, -0.15) is 0 Å². The van der Waals surface area contributed by atoms with Gasteiger partial charge in [-0.25, -0.2) is 4.39 Å². The minimum absolute atomic E-state index is 0.135. The molecule has 0 aliphatic rings. The molecule has 1 unspecified atom stereocenters. The Hall–Kier alpha value is -0.600. The number of hydrogen-bond acceptors (Lipinski definition) is 1. The molecule has 16 heavy (non-hydrogen) atoms. The zero-order valence-corrected chi connectivity index (χ0v) is 10.7. The molecule has 0 spiro atoms. The molecular formula is C13H18ClFO. The van der Waals surface area contributed by atoms with Crippen LogP contribution in [0.2, 0.25) is 5.02 Å². The molecule has 0 aliphatic carbocycles. The van der Waals surface area contributed by atoms with Gasteiger partial charge in [0.05, 0.1) is 6.10 Å². The lowest BCUT2D eigenvalue weighted by atomic mass is 9.88. The fraction of sp³-hybridized carbons (Fsp3) is 0.538. The van der Waals surface area contributed by atoms with Crippen LogP contribution in [0.4, 0.5) is 4.39 Å². The van der Waals surface area contributed by atoms with Gasteiger partial charge in [-0.3, -0.25) is 0 Å². The summed E-state index contributed by atoms with van der Waals surface area (Å²) >= 11 is 5.77. The number of benzene rings is 1. The largest absolute Gasteiger partial charge is 0.388 e. The molecule has 1 N–H and O–H groups in total. The minimum Gasteiger partial charge on any atom is -0.388 e. The van der Waals surface area contributed by atoms with E-state index in [4.69, 9.17) is 11.6 Å². The Kier molecular flexibility index (Phi) is 4.34. The van der Waals surface area contributed by atoms with Crippen molar-refractivity contribution in [3.05, 3.63) is 34.6 Å². The highest BCUT2D eigenvalue weighted by Crippen LogP contribution is 2.29. The first-order valence-corrected chi connectivity index (χ1v) is 5.80. The molecular weight excluding hydrogens is 227 g/mol. The molecule has 0 radical (unpaired) electrons. The normalized spacial score (nSPS) is 13.9. The summed E-state index contributed by atoms with van der Waals surface area (Å²) < 4.78 is 13.4. The fourth-order valence-electron chi connectivity index (χ4n) is 1.50. The topological polar surface area (TPSA) is 20.2 Å². The van der Waals surface area contributed by atoms with E-state index in [1.54, 1.807) is 0 Å². The van der Waals surface area contributed by atoms with Crippen LogP contribution in [0.3, 0.4) is 0 Å². The van der Waals surface area contributed by atoms with E-state index >= 15 is 0 Å². The van der Waals surface area contributed by atoms with Crippen LogP contribution in [-0.2, 0) is 0 Å². The number of aliphatic hydroxyl groups is 1. The molecule has 0 aromatic heterocycles. The van der Waals surface area contributed by atoms with Gasteiger partial charge in [0, 0.05) is 10.6 Å². The predicted molar refractivity (Wildman–Crippen MR) is 65.1 cm³/mol. The fourth-order valence-corrected chi connectivity index (χ4v) is 1.68. The smallest absolute Gasteiger partial charge is 0.129 e. The first kappa shape index (κ1) is 13.5. The highest BCUT2D eigenvalue weighted by atomic mass is 35.5. The third-order valence-electron chi connectivity index (χ3n) is 2.48.